The van der Waals surface area contributed by atoms with Gasteiger partial charge in [0.05, 0.1) is 12.1 Å². The number of nitrogens with zero attached hydrogens (tertiary/aromatic N) is 3. The third-order valence-electron chi connectivity index (χ3n) is 2.34. The summed E-state index contributed by atoms with van der Waals surface area (Å²) in [4.78, 5) is 13.0. The molecule has 6 heteroatoms. The molecule has 0 aliphatic carbocycles. The third-order valence-corrected chi connectivity index (χ3v) is 3.48. The predicted molar refractivity (Wildman–Crippen MR) is 76.7 cm³/mol. The Hall–Kier alpha value is -1.69. The average Bonchev–Trinajstić information content (AvgIpc) is 2.75. The maximum Gasteiger partial charge on any atom is 0.226 e. The van der Waals surface area contributed by atoms with Crippen LogP contribution < -0.4 is 10.1 Å². The van der Waals surface area contributed by atoms with Crippen LogP contribution in [0, 0.1) is 6.92 Å². The highest BCUT2D eigenvalue weighted by Crippen LogP contribution is 2.21. The lowest BCUT2D eigenvalue weighted by molar-refractivity contribution is 0.232. The highest BCUT2D eigenvalue weighted by Gasteiger charge is 2.11. The second kappa shape index (κ2) is 5.97. The number of nitrogens with one attached hydrogen (secondary N) is 1. The summed E-state index contributed by atoms with van der Waals surface area (Å²) in [5.41, 5.74) is 1.03. The second-order valence-corrected chi connectivity index (χ2v) is 5.47. The van der Waals surface area contributed by atoms with E-state index in [0.29, 0.717) is 11.8 Å². The van der Waals surface area contributed by atoms with E-state index in [0.717, 1.165) is 10.7 Å². The molecule has 1 N–H and O–H groups in total. The lowest BCUT2D eigenvalue weighted by atomic mass is 10.3. The molecule has 1 unspecified atom stereocenters. The number of thiazole rings is 1. The van der Waals surface area contributed by atoms with E-state index in [1.54, 1.807) is 23.6 Å². The topological polar surface area (TPSA) is 59.9 Å². The molecule has 0 radical (unpaired) electrons. The SMILES string of the molecule is Cc1csc(C(C)Nc2nccc(OC(C)C)n2)n1. The van der Waals surface area contributed by atoms with Crippen molar-refractivity contribution in [1.82, 2.24) is 15.0 Å². The summed E-state index contributed by atoms with van der Waals surface area (Å²) in [6.45, 7) is 7.96. The van der Waals surface area contributed by atoms with Crippen LogP contribution >= 0.6 is 11.3 Å². The molecule has 5 nitrogen and oxygen atoms in total. The minimum atomic E-state index is 0.0769. The van der Waals surface area contributed by atoms with Crippen LogP contribution in [0.5, 0.6) is 5.88 Å². The second-order valence-electron chi connectivity index (χ2n) is 4.58. The normalized spacial score (nSPS) is 12.5. The Morgan fingerprint density at radius 2 is 2.05 bits per heavy atom. The zero-order valence-corrected chi connectivity index (χ0v) is 12.4. The fraction of sp³-hybridized carbons (Fsp3) is 0.462. The summed E-state index contributed by atoms with van der Waals surface area (Å²) in [5.74, 6) is 1.13. The Morgan fingerprint density at radius 1 is 1.26 bits per heavy atom. The van der Waals surface area contributed by atoms with E-state index in [9.17, 15) is 0 Å². The monoisotopic (exact) mass is 278 g/mol. The standard InChI is InChI=1S/C13H18N4OS/c1-8(2)18-11-5-6-14-13(17-11)16-10(4)12-15-9(3)7-19-12/h5-8,10H,1-4H3,(H,14,16,17). The third kappa shape index (κ3) is 3.89. The van der Waals surface area contributed by atoms with Crippen molar-refractivity contribution in [2.45, 2.75) is 39.8 Å². The van der Waals surface area contributed by atoms with E-state index >= 15 is 0 Å². The Kier molecular flexibility index (Phi) is 4.31. The van der Waals surface area contributed by atoms with Crippen molar-refractivity contribution < 1.29 is 4.74 Å². The largest absolute Gasteiger partial charge is 0.475 e. The quantitative estimate of drug-likeness (QED) is 0.910. The molecule has 2 rings (SSSR count). The maximum atomic E-state index is 5.54. The molecule has 0 aliphatic rings. The molecule has 0 saturated carbocycles. The van der Waals surface area contributed by atoms with Crippen molar-refractivity contribution in [3.05, 3.63) is 28.3 Å². The number of hydrogen-bond donors (Lipinski definition) is 1. The van der Waals surface area contributed by atoms with Crippen LogP contribution in [0.4, 0.5) is 5.95 Å². The van der Waals surface area contributed by atoms with Crippen molar-refractivity contribution in [2.75, 3.05) is 5.32 Å². The van der Waals surface area contributed by atoms with Gasteiger partial charge in [0.15, 0.2) is 0 Å². The van der Waals surface area contributed by atoms with Crippen molar-refractivity contribution in [3.63, 3.8) is 0 Å². The zero-order valence-electron chi connectivity index (χ0n) is 11.5. The molecule has 0 aromatic carbocycles. The zero-order chi connectivity index (χ0) is 13.8. The van der Waals surface area contributed by atoms with E-state index in [1.165, 1.54) is 0 Å². The smallest absolute Gasteiger partial charge is 0.226 e. The van der Waals surface area contributed by atoms with Gasteiger partial charge in [0.2, 0.25) is 11.8 Å². The van der Waals surface area contributed by atoms with Gasteiger partial charge in [0, 0.05) is 23.3 Å². The summed E-state index contributed by atoms with van der Waals surface area (Å²) < 4.78 is 5.54. The van der Waals surface area contributed by atoms with Crippen molar-refractivity contribution in [3.8, 4) is 5.88 Å². The van der Waals surface area contributed by atoms with Gasteiger partial charge in [-0.2, -0.15) is 4.98 Å². The number of hydrogen-bond acceptors (Lipinski definition) is 6. The molecule has 19 heavy (non-hydrogen) atoms. The summed E-state index contributed by atoms with van der Waals surface area (Å²) in [7, 11) is 0. The number of aryl methyl sites for hydroxylation is 1. The van der Waals surface area contributed by atoms with Crippen molar-refractivity contribution in [1.29, 1.82) is 0 Å². The van der Waals surface area contributed by atoms with Gasteiger partial charge in [-0.1, -0.05) is 0 Å². The van der Waals surface area contributed by atoms with Gasteiger partial charge in [0.25, 0.3) is 0 Å². The van der Waals surface area contributed by atoms with Gasteiger partial charge in [-0.25, -0.2) is 9.97 Å². The summed E-state index contributed by atoms with van der Waals surface area (Å²) in [6, 6.07) is 1.83. The van der Waals surface area contributed by atoms with Crippen molar-refractivity contribution >= 4 is 17.3 Å². The molecule has 2 heterocycles. The Bertz CT molecular complexity index is 541. The van der Waals surface area contributed by atoms with E-state index in [1.807, 2.05) is 33.1 Å². The fourth-order valence-electron chi connectivity index (χ4n) is 1.55. The highest BCUT2D eigenvalue weighted by atomic mass is 32.1. The van der Waals surface area contributed by atoms with E-state index in [4.69, 9.17) is 4.74 Å². The highest BCUT2D eigenvalue weighted by molar-refractivity contribution is 7.09. The minimum Gasteiger partial charge on any atom is -0.475 e. The number of rotatable bonds is 5. The maximum absolute atomic E-state index is 5.54. The van der Waals surface area contributed by atoms with Gasteiger partial charge in [-0.05, 0) is 27.7 Å². The summed E-state index contributed by atoms with van der Waals surface area (Å²) in [5, 5.41) is 6.29. The van der Waals surface area contributed by atoms with Crippen LogP contribution in [0.25, 0.3) is 0 Å². The number of aromatic nitrogens is 3. The Labute approximate surface area is 117 Å². The van der Waals surface area contributed by atoms with Crippen LogP contribution in [0.1, 0.15) is 37.5 Å². The molecular formula is C13H18N4OS. The minimum absolute atomic E-state index is 0.0769. The van der Waals surface area contributed by atoms with E-state index in [-0.39, 0.29) is 12.1 Å². The van der Waals surface area contributed by atoms with Crippen LogP contribution in [0.2, 0.25) is 0 Å². The first-order chi connectivity index (χ1) is 9.04. The van der Waals surface area contributed by atoms with Gasteiger partial charge in [-0.3, -0.25) is 0 Å². The molecule has 0 fully saturated rings. The first-order valence-electron chi connectivity index (χ1n) is 6.23. The van der Waals surface area contributed by atoms with E-state index in [2.05, 4.69) is 20.3 Å². The first kappa shape index (κ1) is 13.7. The summed E-state index contributed by atoms with van der Waals surface area (Å²) in [6.07, 6.45) is 1.79. The van der Waals surface area contributed by atoms with Gasteiger partial charge < -0.3 is 10.1 Å². The van der Waals surface area contributed by atoms with Crippen LogP contribution in [0.3, 0.4) is 0 Å². The first-order valence-corrected chi connectivity index (χ1v) is 7.11. The Balaban J connectivity index is 2.06. The van der Waals surface area contributed by atoms with Gasteiger partial charge >= 0.3 is 0 Å². The van der Waals surface area contributed by atoms with Crippen LogP contribution in [-0.2, 0) is 0 Å². The number of anilines is 1. The van der Waals surface area contributed by atoms with Gasteiger partial charge in [0.1, 0.15) is 5.01 Å². The molecule has 0 bridgehead atoms. The fourth-order valence-corrected chi connectivity index (χ4v) is 2.35. The van der Waals surface area contributed by atoms with Crippen LogP contribution in [-0.4, -0.2) is 21.1 Å². The molecule has 2 aromatic rings. The molecule has 0 aliphatic heterocycles. The lowest BCUT2D eigenvalue weighted by Crippen LogP contribution is -2.11. The molecular weight excluding hydrogens is 260 g/mol. The van der Waals surface area contributed by atoms with E-state index < -0.39 is 0 Å². The molecule has 0 saturated heterocycles. The number of ether oxygens (including phenoxy) is 1. The average molecular weight is 278 g/mol. The Morgan fingerprint density at radius 3 is 2.68 bits per heavy atom. The molecule has 0 amide bonds. The molecule has 1 atom stereocenters. The van der Waals surface area contributed by atoms with Crippen molar-refractivity contribution in [2.24, 2.45) is 0 Å². The van der Waals surface area contributed by atoms with Gasteiger partial charge in [-0.15, -0.1) is 11.3 Å². The summed E-state index contributed by atoms with van der Waals surface area (Å²) >= 11 is 1.63. The molecule has 2 aromatic heterocycles. The molecule has 102 valence electrons. The molecule has 0 spiro atoms. The van der Waals surface area contributed by atoms with Crippen LogP contribution in [0.15, 0.2) is 17.6 Å². The lowest BCUT2D eigenvalue weighted by Gasteiger charge is -2.13. The predicted octanol–water partition coefficient (Wildman–Crippen LogP) is 3.20.